The highest BCUT2D eigenvalue weighted by Crippen LogP contribution is 2.19. The fraction of sp³-hybridized carbons (Fsp3) is 0.200. The van der Waals surface area contributed by atoms with Crippen LogP contribution in [0.3, 0.4) is 0 Å². The number of anilines is 1. The number of amides is 1. The predicted molar refractivity (Wildman–Crippen MR) is 62.6 cm³/mol. The molecule has 6 nitrogen and oxygen atoms in total. The Labute approximate surface area is 103 Å². The second kappa shape index (κ2) is 4.92. The summed E-state index contributed by atoms with van der Waals surface area (Å²) < 4.78 is 1.34. The largest absolute Gasteiger partial charge is 0.324 e. The first kappa shape index (κ1) is 11.5. The molecular formula is C10H10ClN5O. The lowest BCUT2D eigenvalue weighted by atomic mass is 10.2. The lowest BCUT2D eigenvalue weighted by molar-refractivity contribution is -0.116. The molecule has 0 atom stereocenters. The van der Waals surface area contributed by atoms with Gasteiger partial charge < -0.3 is 5.32 Å². The first-order valence-electron chi connectivity index (χ1n) is 4.92. The Hall–Kier alpha value is -1.95. The standard InChI is InChI=1S/C10H10ClN5O/c1-7-2-3-8(11)4-9(7)13-10(17)5-16-6-12-14-15-16/h2-4,6H,5H2,1H3,(H,13,17). The minimum Gasteiger partial charge on any atom is -0.324 e. The molecule has 0 aliphatic rings. The van der Waals surface area contributed by atoms with Gasteiger partial charge in [-0.1, -0.05) is 17.7 Å². The summed E-state index contributed by atoms with van der Waals surface area (Å²) in [6, 6.07) is 5.32. The third kappa shape index (κ3) is 3.01. The maximum atomic E-state index is 11.7. The molecule has 17 heavy (non-hydrogen) atoms. The molecule has 0 fully saturated rings. The van der Waals surface area contributed by atoms with Gasteiger partial charge in [-0.05, 0) is 35.0 Å². The minimum atomic E-state index is -0.206. The van der Waals surface area contributed by atoms with Crippen molar-refractivity contribution in [3.63, 3.8) is 0 Å². The van der Waals surface area contributed by atoms with Crippen LogP contribution in [0.25, 0.3) is 0 Å². The van der Waals surface area contributed by atoms with Crippen molar-refractivity contribution in [1.82, 2.24) is 20.2 Å². The molecule has 0 radical (unpaired) electrons. The van der Waals surface area contributed by atoms with E-state index >= 15 is 0 Å². The Kier molecular flexibility index (Phi) is 3.34. The van der Waals surface area contributed by atoms with Gasteiger partial charge >= 0.3 is 0 Å². The third-order valence-corrected chi connectivity index (χ3v) is 2.41. The second-order valence-electron chi connectivity index (χ2n) is 3.51. The van der Waals surface area contributed by atoms with Crippen LogP contribution < -0.4 is 5.32 Å². The van der Waals surface area contributed by atoms with Crippen molar-refractivity contribution >= 4 is 23.2 Å². The van der Waals surface area contributed by atoms with Gasteiger partial charge in [0.05, 0.1) is 0 Å². The smallest absolute Gasteiger partial charge is 0.246 e. The van der Waals surface area contributed by atoms with E-state index in [0.717, 1.165) is 5.56 Å². The summed E-state index contributed by atoms with van der Waals surface area (Å²) in [6.07, 6.45) is 1.38. The molecule has 2 aromatic rings. The molecule has 2 rings (SSSR count). The molecule has 0 saturated carbocycles. The zero-order chi connectivity index (χ0) is 12.3. The fourth-order valence-corrected chi connectivity index (χ4v) is 1.49. The lowest BCUT2D eigenvalue weighted by Gasteiger charge is -2.08. The quantitative estimate of drug-likeness (QED) is 0.892. The molecule has 0 aliphatic heterocycles. The number of nitrogens with one attached hydrogen (secondary N) is 1. The van der Waals surface area contributed by atoms with Gasteiger partial charge in [-0.25, -0.2) is 4.68 Å². The summed E-state index contributed by atoms with van der Waals surface area (Å²) in [5.41, 5.74) is 1.63. The molecule has 7 heteroatoms. The van der Waals surface area contributed by atoms with E-state index in [4.69, 9.17) is 11.6 Å². The number of carbonyl (C=O) groups excluding carboxylic acids is 1. The van der Waals surface area contributed by atoms with Crippen LogP contribution in [0.5, 0.6) is 0 Å². The average molecular weight is 252 g/mol. The number of rotatable bonds is 3. The molecule has 1 heterocycles. The van der Waals surface area contributed by atoms with Crippen LogP contribution in [0.15, 0.2) is 24.5 Å². The molecule has 0 aliphatic carbocycles. The van der Waals surface area contributed by atoms with Crippen molar-refractivity contribution in [3.8, 4) is 0 Å². The summed E-state index contributed by atoms with van der Waals surface area (Å²) in [5, 5.41) is 13.8. The van der Waals surface area contributed by atoms with Crippen LogP contribution >= 0.6 is 11.6 Å². The average Bonchev–Trinajstić information content (AvgIpc) is 2.76. The minimum absolute atomic E-state index is 0.0684. The number of aromatic nitrogens is 4. The summed E-state index contributed by atoms with van der Waals surface area (Å²) in [5.74, 6) is -0.206. The van der Waals surface area contributed by atoms with E-state index in [-0.39, 0.29) is 12.5 Å². The monoisotopic (exact) mass is 251 g/mol. The fourth-order valence-electron chi connectivity index (χ4n) is 1.32. The molecule has 0 bridgehead atoms. The molecular weight excluding hydrogens is 242 g/mol. The van der Waals surface area contributed by atoms with Gasteiger partial charge in [0.25, 0.3) is 0 Å². The van der Waals surface area contributed by atoms with Gasteiger partial charge in [0, 0.05) is 10.7 Å². The first-order chi connectivity index (χ1) is 8.15. The first-order valence-corrected chi connectivity index (χ1v) is 5.30. The number of tetrazole rings is 1. The van der Waals surface area contributed by atoms with E-state index in [2.05, 4.69) is 20.8 Å². The Morgan fingerprint density at radius 3 is 3.06 bits per heavy atom. The molecule has 1 N–H and O–H groups in total. The summed E-state index contributed by atoms with van der Waals surface area (Å²) in [7, 11) is 0. The summed E-state index contributed by atoms with van der Waals surface area (Å²) >= 11 is 5.85. The second-order valence-corrected chi connectivity index (χ2v) is 3.95. The molecule has 1 aromatic heterocycles. The normalized spacial score (nSPS) is 10.2. The van der Waals surface area contributed by atoms with Crippen molar-refractivity contribution in [3.05, 3.63) is 35.1 Å². The number of nitrogens with zero attached hydrogens (tertiary/aromatic N) is 4. The number of benzene rings is 1. The van der Waals surface area contributed by atoms with Gasteiger partial charge in [-0.2, -0.15) is 0 Å². The molecule has 0 saturated heterocycles. The molecule has 1 aromatic carbocycles. The maximum absolute atomic E-state index is 11.7. The summed E-state index contributed by atoms with van der Waals surface area (Å²) in [6.45, 7) is 1.96. The Bertz CT molecular complexity index is 525. The van der Waals surface area contributed by atoms with Gasteiger partial charge in [0.1, 0.15) is 12.9 Å². The van der Waals surface area contributed by atoms with Gasteiger partial charge in [-0.3, -0.25) is 4.79 Å². The van der Waals surface area contributed by atoms with Gasteiger partial charge in [0.15, 0.2) is 0 Å². The van der Waals surface area contributed by atoms with Crippen molar-refractivity contribution < 1.29 is 4.79 Å². The zero-order valence-corrected chi connectivity index (χ0v) is 9.85. The van der Waals surface area contributed by atoms with Crippen LogP contribution in [-0.4, -0.2) is 26.1 Å². The lowest BCUT2D eigenvalue weighted by Crippen LogP contribution is -2.19. The highest BCUT2D eigenvalue weighted by atomic mass is 35.5. The number of hydrogen-bond donors (Lipinski definition) is 1. The zero-order valence-electron chi connectivity index (χ0n) is 9.09. The van der Waals surface area contributed by atoms with Crippen molar-refractivity contribution in [2.45, 2.75) is 13.5 Å². The number of hydrogen-bond acceptors (Lipinski definition) is 4. The van der Waals surface area contributed by atoms with E-state index < -0.39 is 0 Å². The van der Waals surface area contributed by atoms with Crippen LogP contribution in [0, 0.1) is 6.92 Å². The van der Waals surface area contributed by atoms with Crippen molar-refractivity contribution in [2.24, 2.45) is 0 Å². The Morgan fingerprint density at radius 2 is 2.35 bits per heavy atom. The number of halogens is 1. The predicted octanol–water partition coefficient (Wildman–Crippen LogP) is 1.27. The van der Waals surface area contributed by atoms with Crippen LogP contribution in [0.1, 0.15) is 5.56 Å². The molecule has 1 amide bonds. The van der Waals surface area contributed by atoms with Crippen LogP contribution in [0.4, 0.5) is 5.69 Å². The maximum Gasteiger partial charge on any atom is 0.246 e. The van der Waals surface area contributed by atoms with Crippen LogP contribution in [0.2, 0.25) is 5.02 Å². The van der Waals surface area contributed by atoms with Crippen LogP contribution in [-0.2, 0) is 11.3 Å². The molecule has 0 unspecified atom stereocenters. The van der Waals surface area contributed by atoms with Crippen molar-refractivity contribution in [1.29, 1.82) is 0 Å². The van der Waals surface area contributed by atoms with E-state index in [1.165, 1.54) is 11.0 Å². The van der Waals surface area contributed by atoms with Gasteiger partial charge in [-0.15, -0.1) is 5.10 Å². The summed E-state index contributed by atoms with van der Waals surface area (Å²) in [4.78, 5) is 11.7. The Morgan fingerprint density at radius 1 is 1.53 bits per heavy atom. The van der Waals surface area contributed by atoms with Crippen molar-refractivity contribution in [2.75, 3.05) is 5.32 Å². The van der Waals surface area contributed by atoms with Gasteiger partial charge in [0.2, 0.25) is 5.91 Å². The highest BCUT2D eigenvalue weighted by Gasteiger charge is 2.06. The topological polar surface area (TPSA) is 72.7 Å². The van der Waals surface area contributed by atoms with E-state index in [1.54, 1.807) is 12.1 Å². The Balaban J connectivity index is 2.05. The number of aryl methyl sites for hydroxylation is 1. The number of carbonyl (C=O) groups is 1. The molecule has 88 valence electrons. The highest BCUT2D eigenvalue weighted by molar-refractivity contribution is 6.31. The van der Waals surface area contributed by atoms with E-state index in [0.29, 0.717) is 10.7 Å². The molecule has 0 spiro atoms. The third-order valence-electron chi connectivity index (χ3n) is 2.17. The SMILES string of the molecule is Cc1ccc(Cl)cc1NC(=O)Cn1cnnn1. The van der Waals surface area contributed by atoms with E-state index in [1.807, 2.05) is 13.0 Å². The van der Waals surface area contributed by atoms with E-state index in [9.17, 15) is 4.79 Å².